The normalized spacial score (nSPS) is 10.2. The number of carbonyl (C=O) groups excluding carboxylic acids is 2. The molecule has 0 saturated carbocycles. The summed E-state index contributed by atoms with van der Waals surface area (Å²) in [5.74, 6) is -0.0734. The van der Waals surface area contributed by atoms with Crippen molar-refractivity contribution in [2.75, 3.05) is 13.1 Å². The molecule has 1 rings (SSSR count). The Morgan fingerprint density at radius 2 is 1.67 bits per heavy atom. The number of hydrogen-bond acceptors (Lipinski definition) is 2. The van der Waals surface area contributed by atoms with Crippen LogP contribution in [0, 0.1) is 13.8 Å². The van der Waals surface area contributed by atoms with E-state index in [-0.39, 0.29) is 11.8 Å². The largest absolute Gasteiger partial charge is 0.355 e. The molecule has 1 heterocycles. The van der Waals surface area contributed by atoms with Crippen molar-refractivity contribution in [3.05, 3.63) is 23.5 Å². The van der Waals surface area contributed by atoms with Gasteiger partial charge in [-0.25, -0.2) is 0 Å². The van der Waals surface area contributed by atoms with Gasteiger partial charge in [-0.3, -0.25) is 9.59 Å². The first-order valence-electron chi connectivity index (χ1n) is 6.14. The van der Waals surface area contributed by atoms with Crippen LogP contribution in [0.25, 0.3) is 0 Å². The lowest BCUT2D eigenvalue weighted by molar-refractivity contribution is -0.122. The fourth-order valence-electron chi connectivity index (χ4n) is 1.79. The van der Waals surface area contributed by atoms with Gasteiger partial charge in [-0.1, -0.05) is 0 Å². The molecule has 0 radical (unpaired) electrons. The number of hydrogen-bond donors (Lipinski definition) is 2. The molecule has 0 unspecified atom stereocenters. The van der Waals surface area contributed by atoms with Crippen LogP contribution in [0.3, 0.4) is 0 Å². The Labute approximate surface area is 108 Å². The highest BCUT2D eigenvalue weighted by Gasteiger charge is 2.04. The van der Waals surface area contributed by atoms with Crippen molar-refractivity contribution in [2.24, 2.45) is 0 Å². The minimum absolute atomic E-state index is 0.00727. The van der Waals surface area contributed by atoms with E-state index in [0.717, 1.165) is 0 Å². The monoisotopic (exact) mass is 251 g/mol. The van der Waals surface area contributed by atoms with Crippen molar-refractivity contribution in [3.63, 3.8) is 0 Å². The Balaban J connectivity index is 2.23. The van der Waals surface area contributed by atoms with Crippen molar-refractivity contribution < 1.29 is 9.59 Å². The van der Waals surface area contributed by atoms with E-state index in [0.29, 0.717) is 26.1 Å². The van der Waals surface area contributed by atoms with Crippen LogP contribution in [-0.4, -0.2) is 29.5 Å². The smallest absolute Gasteiger partial charge is 0.221 e. The highest BCUT2D eigenvalue weighted by molar-refractivity contribution is 5.76. The van der Waals surface area contributed by atoms with Gasteiger partial charge in [-0.15, -0.1) is 0 Å². The maximum atomic E-state index is 11.6. The summed E-state index contributed by atoms with van der Waals surface area (Å²) in [6.45, 7) is 7.16. The molecule has 1 aromatic heterocycles. The molecule has 0 bridgehead atoms. The lowest BCUT2D eigenvalue weighted by Crippen LogP contribution is -2.34. The van der Waals surface area contributed by atoms with Crippen LogP contribution in [0.2, 0.25) is 0 Å². The van der Waals surface area contributed by atoms with Crippen LogP contribution in [0.5, 0.6) is 0 Å². The van der Waals surface area contributed by atoms with Crippen LogP contribution in [0.1, 0.15) is 24.7 Å². The van der Waals surface area contributed by atoms with Crippen LogP contribution in [-0.2, 0) is 16.1 Å². The molecule has 0 fully saturated rings. The van der Waals surface area contributed by atoms with Crippen LogP contribution in [0.4, 0.5) is 0 Å². The number of carbonyl (C=O) groups is 2. The summed E-state index contributed by atoms with van der Waals surface area (Å²) in [4.78, 5) is 22.2. The van der Waals surface area contributed by atoms with Gasteiger partial charge in [0.25, 0.3) is 0 Å². The first-order valence-corrected chi connectivity index (χ1v) is 6.14. The quantitative estimate of drug-likeness (QED) is 0.733. The summed E-state index contributed by atoms with van der Waals surface area (Å²) in [5, 5.41) is 5.40. The van der Waals surface area contributed by atoms with Gasteiger partial charge in [0.15, 0.2) is 0 Å². The third kappa shape index (κ3) is 4.61. The average Bonchev–Trinajstić information content (AvgIpc) is 2.62. The molecule has 18 heavy (non-hydrogen) atoms. The lowest BCUT2D eigenvalue weighted by Gasteiger charge is -2.09. The number of amides is 2. The lowest BCUT2D eigenvalue weighted by atomic mass is 10.3. The summed E-state index contributed by atoms with van der Waals surface area (Å²) in [6, 6.07) is 4.09. The summed E-state index contributed by atoms with van der Waals surface area (Å²) in [6.07, 6.45) is 0.455. The minimum atomic E-state index is -0.0807. The molecule has 5 heteroatoms. The molecule has 5 nitrogen and oxygen atoms in total. The van der Waals surface area contributed by atoms with E-state index in [2.05, 4.69) is 15.2 Å². The zero-order valence-electron chi connectivity index (χ0n) is 11.2. The molecule has 0 spiro atoms. The highest BCUT2D eigenvalue weighted by Crippen LogP contribution is 2.07. The molecule has 0 aliphatic rings. The number of rotatable bonds is 6. The standard InChI is InChI=1S/C13H21N3O2/c1-10-4-5-11(2)16(10)9-6-13(18)15-8-7-14-12(3)17/h4-5H,6-9H2,1-3H3,(H,14,17)(H,15,18). The van der Waals surface area contributed by atoms with Crippen LogP contribution in [0.15, 0.2) is 12.1 Å². The Bertz CT molecular complexity index is 404. The molecule has 0 aromatic carbocycles. The SMILES string of the molecule is CC(=O)NCCNC(=O)CCn1c(C)ccc1C. The molecule has 2 N–H and O–H groups in total. The third-order valence-corrected chi connectivity index (χ3v) is 2.80. The van der Waals surface area contributed by atoms with E-state index in [1.807, 2.05) is 26.0 Å². The summed E-state index contributed by atoms with van der Waals surface area (Å²) >= 11 is 0. The summed E-state index contributed by atoms with van der Waals surface area (Å²) in [5.41, 5.74) is 2.33. The zero-order chi connectivity index (χ0) is 13.5. The van der Waals surface area contributed by atoms with E-state index >= 15 is 0 Å². The molecule has 0 atom stereocenters. The van der Waals surface area contributed by atoms with E-state index in [1.165, 1.54) is 18.3 Å². The van der Waals surface area contributed by atoms with Crippen molar-refractivity contribution in [1.29, 1.82) is 0 Å². The van der Waals surface area contributed by atoms with Crippen molar-refractivity contribution in [1.82, 2.24) is 15.2 Å². The Morgan fingerprint density at radius 1 is 1.11 bits per heavy atom. The molecule has 1 aromatic rings. The number of aromatic nitrogens is 1. The fraction of sp³-hybridized carbons (Fsp3) is 0.538. The van der Waals surface area contributed by atoms with E-state index in [4.69, 9.17) is 0 Å². The maximum Gasteiger partial charge on any atom is 0.221 e. The number of aryl methyl sites for hydroxylation is 2. The second kappa shape index (κ2) is 6.83. The van der Waals surface area contributed by atoms with Gasteiger partial charge >= 0.3 is 0 Å². The van der Waals surface area contributed by atoms with Gasteiger partial charge < -0.3 is 15.2 Å². The molecular weight excluding hydrogens is 230 g/mol. The predicted molar refractivity (Wildman–Crippen MR) is 70.2 cm³/mol. The third-order valence-electron chi connectivity index (χ3n) is 2.80. The van der Waals surface area contributed by atoms with Crippen molar-refractivity contribution >= 4 is 11.8 Å². The van der Waals surface area contributed by atoms with Gasteiger partial charge in [-0.05, 0) is 26.0 Å². The summed E-state index contributed by atoms with van der Waals surface area (Å²) < 4.78 is 2.12. The number of nitrogens with one attached hydrogen (secondary N) is 2. The molecule has 100 valence electrons. The topological polar surface area (TPSA) is 63.1 Å². The highest BCUT2D eigenvalue weighted by atomic mass is 16.2. The maximum absolute atomic E-state index is 11.6. The van der Waals surface area contributed by atoms with Gasteiger partial charge in [0, 0.05) is 44.4 Å². The van der Waals surface area contributed by atoms with Crippen molar-refractivity contribution in [2.45, 2.75) is 33.7 Å². The van der Waals surface area contributed by atoms with Gasteiger partial charge in [0.05, 0.1) is 0 Å². The Hall–Kier alpha value is -1.78. The Kier molecular flexibility index (Phi) is 5.42. The molecule has 0 saturated heterocycles. The van der Waals surface area contributed by atoms with Crippen molar-refractivity contribution in [3.8, 4) is 0 Å². The first kappa shape index (κ1) is 14.3. The number of nitrogens with zero attached hydrogens (tertiary/aromatic N) is 1. The predicted octanol–water partition coefficient (Wildman–Crippen LogP) is 0.747. The molecule has 2 amide bonds. The average molecular weight is 251 g/mol. The van der Waals surface area contributed by atoms with Crippen LogP contribution >= 0.6 is 0 Å². The van der Waals surface area contributed by atoms with E-state index < -0.39 is 0 Å². The van der Waals surface area contributed by atoms with Gasteiger partial charge in [0.2, 0.25) is 11.8 Å². The molecule has 0 aliphatic heterocycles. The zero-order valence-corrected chi connectivity index (χ0v) is 11.2. The van der Waals surface area contributed by atoms with E-state index in [9.17, 15) is 9.59 Å². The molecular formula is C13H21N3O2. The van der Waals surface area contributed by atoms with Gasteiger partial charge in [0.1, 0.15) is 0 Å². The Morgan fingerprint density at radius 3 is 2.22 bits per heavy atom. The second-order valence-corrected chi connectivity index (χ2v) is 4.35. The molecule has 0 aliphatic carbocycles. The minimum Gasteiger partial charge on any atom is -0.355 e. The fourth-order valence-corrected chi connectivity index (χ4v) is 1.79. The van der Waals surface area contributed by atoms with Crippen LogP contribution < -0.4 is 10.6 Å². The summed E-state index contributed by atoms with van der Waals surface area (Å²) in [7, 11) is 0. The van der Waals surface area contributed by atoms with E-state index in [1.54, 1.807) is 0 Å². The van der Waals surface area contributed by atoms with Gasteiger partial charge in [-0.2, -0.15) is 0 Å². The first-order chi connectivity index (χ1) is 8.50. The second-order valence-electron chi connectivity index (χ2n) is 4.35.